The van der Waals surface area contributed by atoms with Crippen LogP contribution in [0.4, 0.5) is 5.69 Å². The molecule has 0 amide bonds. The summed E-state index contributed by atoms with van der Waals surface area (Å²) < 4.78 is 1.52. The fraction of sp³-hybridized carbons (Fsp3) is 0.182. The Labute approximate surface area is 106 Å². The van der Waals surface area contributed by atoms with Gasteiger partial charge in [-0.3, -0.25) is 10.1 Å². The van der Waals surface area contributed by atoms with Gasteiger partial charge in [-0.25, -0.2) is 4.68 Å². The second kappa shape index (κ2) is 4.67. The van der Waals surface area contributed by atoms with E-state index in [0.29, 0.717) is 5.69 Å². The second-order valence-electron chi connectivity index (χ2n) is 3.55. The summed E-state index contributed by atoms with van der Waals surface area (Å²) in [6.45, 7) is 1.81. The van der Waals surface area contributed by atoms with Crippen LogP contribution in [-0.2, 0) is 0 Å². The molecule has 0 saturated carbocycles. The van der Waals surface area contributed by atoms with Crippen molar-refractivity contribution in [3.8, 4) is 5.69 Å². The number of nitro groups is 1. The molecule has 88 valence electrons. The highest BCUT2D eigenvalue weighted by molar-refractivity contribution is 9.09. The van der Waals surface area contributed by atoms with Crippen LogP contribution in [0.3, 0.4) is 0 Å². The molecule has 1 aromatic heterocycles. The van der Waals surface area contributed by atoms with Crippen LogP contribution in [0.1, 0.15) is 17.4 Å². The molecule has 0 saturated heterocycles. The molecule has 17 heavy (non-hydrogen) atoms. The minimum Gasteiger partial charge on any atom is -0.258 e. The molecule has 5 nitrogen and oxygen atoms in total. The number of para-hydroxylation sites is 1. The van der Waals surface area contributed by atoms with Gasteiger partial charge < -0.3 is 0 Å². The van der Waals surface area contributed by atoms with Crippen molar-refractivity contribution < 1.29 is 4.92 Å². The first kappa shape index (κ1) is 11.8. The van der Waals surface area contributed by atoms with Crippen molar-refractivity contribution >= 4 is 21.6 Å². The quantitative estimate of drug-likeness (QED) is 0.496. The predicted octanol–water partition coefficient (Wildman–Crippen LogP) is 3.24. The van der Waals surface area contributed by atoms with Gasteiger partial charge in [0.05, 0.1) is 15.4 Å². The number of hydrogen-bond acceptors (Lipinski definition) is 3. The van der Waals surface area contributed by atoms with E-state index in [0.717, 1.165) is 5.69 Å². The zero-order chi connectivity index (χ0) is 12.4. The Morgan fingerprint density at radius 1 is 1.41 bits per heavy atom. The molecule has 1 atom stereocenters. The summed E-state index contributed by atoms with van der Waals surface area (Å²) in [5.74, 6) is 0. The van der Waals surface area contributed by atoms with E-state index >= 15 is 0 Å². The van der Waals surface area contributed by atoms with Crippen molar-refractivity contribution in [3.05, 3.63) is 52.3 Å². The molecular formula is C11H10BrN3O2. The van der Waals surface area contributed by atoms with E-state index in [1.807, 2.05) is 37.3 Å². The Morgan fingerprint density at radius 3 is 2.53 bits per heavy atom. The van der Waals surface area contributed by atoms with Gasteiger partial charge in [0.25, 0.3) is 0 Å². The van der Waals surface area contributed by atoms with Gasteiger partial charge in [-0.1, -0.05) is 34.1 Å². The van der Waals surface area contributed by atoms with E-state index in [9.17, 15) is 10.1 Å². The Balaban J connectivity index is 2.51. The highest BCUT2D eigenvalue weighted by Crippen LogP contribution is 2.29. The van der Waals surface area contributed by atoms with Gasteiger partial charge in [0.1, 0.15) is 6.20 Å². The normalized spacial score (nSPS) is 12.4. The van der Waals surface area contributed by atoms with Crippen LogP contribution in [-0.4, -0.2) is 14.7 Å². The first-order valence-corrected chi connectivity index (χ1v) is 5.94. The van der Waals surface area contributed by atoms with E-state index in [2.05, 4.69) is 21.0 Å². The van der Waals surface area contributed by atoms with Crippen molar-refractivity contribution in [1.29, 1.82) is 0 Å². The topological polar surface area (TPSA) is 61.0 Å². The van der Waals surface area contributed by atoms with Crippen molar-refractivity contribution in [2.45, 2.75) is 11.8 Å². The van der Waals surface area contributed by atoms with Gasteiger partial charge in [-0.15, -0.1) is 0 Å². The molecular weight excluding hydrogens is 286 g/mol. The average Bonchev–Trinajstić information content (AvgIpc) is 2.75. The molecule has 0 aliphatic heterocycles. The number of hydrogen-bond donors (Lipinski definition) is 0. The van der Waals surface area contributed by atoms with Crippen molar-refractivity contribution in [2.24, 2.45) is 0 Å². The van der Waals surface area contributed by atoms with Crippen LogP contribution in [0.2, 0.25) is 0 Å². The molecule has 0 aliphatic rings. The zero-order valence-electron chi connectivity index (χ0n) is 9.08. The largest absolute Gasteiger partial charge is 0.311 e. The Kier molecular flexibility index (Phi) is 3.23. The van der Waals surface area contributed by atoms with Gasteiger partial charge in [0.15, 0.2) is 5.69 Å². The van der Waals surface area contributed by atoms with Crippen LogP contribution >= 0.6 is 15.9 Å². The van der Waals surface area contributed by atoms with E-state index in [1.54, 1.807) is 0 Å². The molecule has 0 N–H and O–H groups in total. The molecule has 0 radical (unpaired) electrons. The summed E-state index contributed by atoms with van der Waals surface area (Å²) >= 11 is 3.31. The third-order valence-corrected chi connectivity index (χ3v) is 2.75. The van der Waals surface area contributed by atoms with Gasteiger partial charge in [0, 0.05) is 0 Å². The molecule has 0 bridgehead atoms. The van der Waals surface area contributed by atoms with E-state index < -0.39 is 4.92 Å². The maximum absolute atomic E-state index is 10.9. The molecule has 2 rings (SSSR count). The van der Waals surface area contributed by atoms with E-state index in [4.69, 9.17) is 0 Å². The highest BCUT2D eigenvalue weighted by Gasteiger charge is 2.22. The van der Waals surface area contributed by atoms with Gasteiger partial charge in [-0.2, -0.15) is 5.10 Å². The van der Waals surface area contributed by atoms with Crippen molar-refractivity contribution in [1.82, 2.24) is 9.78 Å². The van der Waals surface area contributed by atoms with Gasteiger partial charge >= 0.3 is 5.69 Å². The Bertz CT molecular complexity index is 537. The fourth-order valence-electron chi connectivity index (χ4n) is 1.52. The standard InChI is InChI=1S/C11H10BrN3O2/c1-8(12)11-10(15(16)17)7-14(13-11)9-5-3-2-4-6-9/h2-8H,1H3. The van der Waals surface area contributed by atoms with Crippen molar-refractivity contribution in [2.75, 3.05) is 0 Å². The SMILES string of the molecule is CC(Br)c1nn(-c2ccccc2)cc1[N+](=O)[O-]. The van der Waals surface area contributed by atoms with E-state index in [-0.39, 0.29) is 10.5 Å². The maximum atomic E-state index is 10.9. The highest BCUT2D eigenvalue weighted by atomic mass is 79.9. The van der Waals surface area contributed by atoms with Crippen LogP contribution < -0.4 is 0 Å². The third-order valence-electron chi connectivity index (χ3n) is 2.32. The molecule has 1 aromatic carbocycles. The molecule has 1 unspecified atom stereocenters. The molecule has 2 aromatic rings. The number of aromatic nitrogens is 2. The monoisotopic (exact) mass is 295 g/mol. The summed E-state index contributed by atoms with van der Waals surface area (Å²) in [7, 11) is 0. The zero-order valence-corrected chi connectivity index (χ0v) is 10.7. The summed E-state index contributed by atoms with van der Waals surface area (Å²) in [5.41, 5.74) is 1.26. The first-order valence-electron chi connectivity index (χ1n) is 5.03. The lowest BCUT2D eigenvalue weighted by Crippen LogP contribution is -1.96. The van der Waals surface area contributed by atoms with E-state index in [1.165, 1.54) is 10.9 Å². The number of benzene rings is 1. The lowest BCUT2D eigenvalue weighted by Gasteiger charge is -1.99. The Morgan fingerprint density at radius 2 is 2.06 bits per heavy atom. The average molecular weight is 296 g/mol. The maximum Gasteiger partial charge on any atom is 0.311 e. The number of halogens is 1. The second-order valence-corrected chi connectivity index (χ2v) is 4.93. The smallest absolute Gasteiger partial charge is 0.258 e. The fourth-order valence-corrected chi connectivity index (χ4v) is 1.84. The Hall–Kier alpha value is -1.69. The van der Waals surface area contributed by atoms with Crippen molar-refractivity contribution in [3.63, 3.8) is 0 Å². The lowest BCUT2D eigenvalue weighted by atomic mass is 10.3. The predicted molar refractivity (Wildman–Crippen MR) is 67.6 cm³/mol. The van der Waals surface area contributed by atoms with Crippen LogP contribution in [0.5, 0.6) is 0 Å². The van der Waals surface area contributed by atoms with Crippen LogP contribution in [0.25, 0.3) is 5.69 Å². The molecule has 0 spiro atoms. The molecule has 1 heterocycles. The minimum atomic E-state index is -0.417. The summed E-state index contributed by atoms with van der Waals surface area (Å²) in [5, 5.41) is 15.1. The molecule has 0 aliphatic carbocycles. The number of rotatable bonds is 3. The van der Waals surface area contributed by atoms with Gasteiger partial charge in [0.2, 0.25) is 0 Å². The lowest BCUT2D eigenvalue weighted by molar-refractivity contribution is -0.385. The van der Waals surface area contributed by atoms with Crippen LogP contribution in [0.15, 0.2) is 36.5 Å². The van der Waals surface area contributed by atoms with Gasteiger partial charge in [-0.05, 0) is 19.1 Å². The third kappa shape index (κ3) is 2.36. The summed E-state index contributed by atoms with van der Waals surface area (Å²) in [4.78, 5) is 10.3. The summed E-state index contributed by atoms with van der Waals surface area (Å²) in [6.07, 6.45) is 1.43. The molecule has 0 fully saturated rings. The number of nitrogens with zero attached hydrogens (tertiary/aromatic N) is 3. The molecule has 6 heteroatoms. The minimum absolute atomic E-state index is 0.0261. The summed E-state index contributed by atoms with van der Waals surface area (Å²) in [6, 6.07) is 9.30. The number of alkyl halides is 1. The van der Waals surface area contributed by atoms with Crippen LogP contribution in [0, 0.1) is 10.1 Å². The first-order chi connectivity index (χ1) is 8.09.